The van der Waals surface area contributed by atoms with Crippen molar-refractivity contribution < 1.29 is 9.90 Å². The molecule has 0 heterocycles. The molecule has 0 spiro atoms. The summed E-state index contributed by atoms with van der Waals surface area (Å²) in [5.74, 6) is 0.321. The van der Waals surface area contributed by atoms with Gasteiger partial charge in [-0.25, -0.2) is 0 Å². The fraction of sp³-hybridized carbons (Fsp3) is 0.471. The van der Waals surface area contributed by atoms with E-state index >= 15 is 0 Å². The van der Waals surface area contributed by atoms with Crippen LogP contribution in [-0.2, 0) is 11.2 Å². The van der Waals surface area contributed by atoms with E-state index in [0.29, 0.717) is 0 Å². The second-order valence-electron chi connectivity index (χ2n) is 5.81. The highest BCUT2D eigenvalue weighted by Gasteiger charge is 2.31. The monoisotopic (exact) mass is 271 g/mol. The Labute approximate surface area is 119 Å². The Morgan fingerprint density at radius 3 is 2.75 bits per heavy atom. The number of carbonyl (C=O) groups is 1. The van der Waals surface area contributed by atoms with E-state index in [2.05, 4.69) is 29.6 Å². The highest BCUT2D eigenvalue weighted by atomic mass is 16.3. The predicted octanol–water partition coefficient (Wildman–Crippen LogP) is 2.36. The van der Waals surface area contributed by atoms with Crippen molar-refractivity contribution in [2.45, 2.75) is 31.7 Å². The molecule has 0 aromatic heterocycles. The largest absolute Gasteiger partial charge is 0.396 e. The van der Waals surface area contributed by atoms with Crippen molar-refractivity contribution in [1.82, 2.24) is 5.32 Å². The minimum atomic E-state index is -0.0435. The average Bonchev–Trinajstić information content (AvgIpc) is 3.02. The second kappa shape index (κ2) is 5.80. The number of hydrogen-bond donors (Lipinski definition) is 2. The molecule has 0 radical (unpaired) electrons. The third-order valence-corrected chi connectivity index (χ3v) is 4.56. The summed E-state index contributed by atoms with van der Waals surface area (Å²) in [6.45, 7) is 0.127. The van der Waals surface area contributed by atoms with E-state index in [1.54, 1.807) is 0 Å². The summed E-state index contributed by atoms with van der Waals surface area (Å²) in [6, 6.07) is 8.21. The average molecular weight is 271 g/mol. The van der Waals surface area contributed by atoms with Crippen molar-refractivity contribution in [3.63, 3.8) is 0 Å². The first-order valence-electron chi connectivity index (χ1n) is 7.43. The van der Waals surface area contributed by atoms with Gasteiger partial charge in [-0.2, -0.15) is 0 Å². The molecular formula is C17H21NO2. The quantitative estimate of drug-likeness (QED) is 0.829. The topological polar surface area (TPSA) is 49.3 Å². The number of amides is 1. The zero-order valence-electron chi connectivity index (χ0n) is 11.6. The molecule has 2 aliphatic rings. The Morgan fingerprint density at radius 1 is 1.25 bits per heavy atom. The number of rotatable bonds is 3. The van der Waals surface area contributed by atoms with Crippen LogP contribution in [0.1, 0.15) is 36.4 Å². The van der Waals surface area contributed by atoms with E-state index in [-0.39, 0.29) is 30.4 Å². The Kier molecular flexibility index (Phi) is 3.88. The first-order valence-corrected chi connectivity index (χ1v) is 7.43. The maximum atomic E-state index is 12.4. The van der Waals surface area contributed by atoms with Gasteiger partial charge in [0.1, 0.15) is 0 Å². The van der Waals surface area contributed by atoms with Crippen molar-refractivity contribution in [1.29, 1.82) is 0 Å². The second-order valence-corrected chi connectivity index (χ2v) is 5.81. The molecule has 1 amide bonds. The SMILES string of the molecule is O=C(N[C@H]1c2ccccc2CC[C@H]1CO)C1CC=CC1. The van der Waals surface area contributed by atoms with Crippen LogP contribution in [0.25, 0.3) is 0 Å². The number of nitrogens with one attached hydrogen (secondary N) is 1. The van der Waals surface area contributed by atoms with E-state index in [1.165, 1.54) is 11.1 Å². The number of aliphatic hydroxyl groups is 1. The summed E-state index contributed by atoms with van der Waals surface area (Å²) < 4.78 is 0. The van der Waals surface area contributed by atoms with Crippen molar-refractivity contribution in [3.05, 3.63) is 47.5 Å². The number of fused-ring (bicyclic) bond motifs is 1. The molecule has 0 bridgehead atoms. The molecule has 2 aliphatic carbocycles. The molecule has 0 saturated heterocycles. The van der Waals surface area contributed by atoms with Crippen LogP contribution in [0.2, 0.25) is 0 Å². The van der Waals surface area contributed by atoms with Gasteiger partial charge in [0.25, 0.3) is 0 Å². The van der Waals surface area contributed by atoms with E-state index in [0.717, 1.165) is 25.7 Å². The third kappa shape index (κ3) is 2.50. The highest BCUT2D eigenvalue weighted by molar-refractivity contribution is 5.80. The van der Waals surface area contributed by atoms with Gasteiger partial charge >= 0.3 is 0 Å². The number of allylic oxidation sites excluding steroid dienone is 2. The van der Waals surface area contributed by atoms with Gasteiger partial charge in [-0.1, -0.05) is 36.4 Å². The summed E-state index contributed by atoms with van der Waals surface area (Å²) in [7, 11) is 0. The lowest BCUT2D eigenvalue weighted by Gasteiger charge is -2.33. The third-order valence-electron chi connectivity index (χ3n) is 4.56. The molecule has 0 fully saturated rings. The molecule has 2 N–H and O–H groups in total. The minimum absolute atomic E-state index is 0.0435. The summed E-state index contributed by atoms with van der Waals surface area (Å²) in [5.41, 5.74) is 2.48. The summed E-state index contributed by atoms with van der Waals surface area (Å²) >= 11 is 0. The minimum Gasteiger partial charge on any atom is -0.396 e. The highest BCUT2D eigenvalue weighted by Crippen LogP contribution is 2.34. The molecule has 3 nitrogen and oxygen atoms in total. The molecule has 1 aromatic rings. The molecule has 1 aromatic carbocycles. The zero-order valence-corrected chi connectivity index (χ0v) is 11.6. The number of aryl methyl sites for hydroxylation is 1. The van der Waals surface area contributed by atoms with E-state index in [1.807, 2.05) is 12.1 Å². The predicted molar refractivity (Wildman–Crippen MR) is 78.1 cm³/mol. The lowest BCUT2D eigenvalue weighted by atomic mass is 9.80. The lowest BCUT2D eigenvalue weighted by molar-refractivity contribution is -0.126. The summed E-state index contributed by atoms with van der Waals surface area (Å²) in [5, 5.41) is 12.8. The number of hydrogen-bond acceptors (Lipinski definition) is 2. The molecule has 2 atom stereocenters. The van der Waals surface area contributed by atoms with Gasteiger partial charge in [0.05, 0.1) is 6.04 Å². The van der Waals surface area contributed by atoms with E-state index < -0.39 is 0 Å². The smallest absolute Gasteiger partial charge is 0.224 e. The van der Waals surface area contributed by atoms with Gasteiger partial charge in [0.15, 0.2) is 0 Å². The number of aliphatic hydroxyl groups excluding tert-OH is 1. The number of benzene rings is 1. The molecule has 3 heteroatoms. The van der Waals surface area contributed by atoms with Crippen LogP contribution in [0.3, 0.4) is 0 Å². The number of carbonyl (C=O) groups excluding carboxylic acids is 1. The van der Waals surface area contributed by atoms with Gasteiger partial charge in [-0.15, -0.1) is 0 Å². The van der Waals surface area contributed by atoms with Gasteiger partial charge in [-0.3, -0.25) is 4.79 Å². The fourth-order valence-corrected chi connectivity index (χ4v) is 3.32. The molecule has 20 heavy (non-hydrogen) atoms. The summed E-state index contributed by atoms with van der Waals surface area (Å²) in [4.78, 5) is 12.4. The van der Waals surface area contributed by atoms with Crippen molar-refractivity contribution >= 4 is 5.91 Å². The van der Waals surface area contributed by atoms with Crippen molar-refractivity contribution in [3.8, 4) is 0 Å². The molecule has 0 aliphatic heterocycles. The van der Waals surface area contributed by atoms with Gasteiger partial charge in [0, 0.05) is 18.4 Å². The Bertz CT molecular complexity index is 515. The fourth-order valence-electron chi connectivity index (χ4n) is 3.32. The first kappa shape index (κ1) is 13.4. The first-order chi connectivity index (χ1) is 9.79. The molecule has 3 rings (SSSR count). The molecule has 0 unspecified atom stereocenters. The van der Waals surface area contributed by atoms with Crippen LogP contribution in [-0.4, -0.2) is 17.6 Å². The van der Waals surface area contributed by atoms with E-state index in [9.17, 15) is 9.90 Å². The lowest BCUT2D eigenvalue weighted by Crippen LogP contribution is -2.40. The summed E-state index contributed by atoms with van der Waals surface area (Å²) in [6.07, 6.45) is 7.74. The van der Waals surface area contributed by atoms with Crippen LogP contribution in [0.5, 0.6) is 0 Å². The van der Waals surface area contributed by atoms with Gasteiger partial charge in [-0.05, 0) is 36.8 Å². The molecular weight excluding hydrogens is 250 g/mol. The van der Waals surface area contributed by atoms with Crippen LogP contribution >= 0.6 is 0 Å². The van der Waals surface area contributed by atoms with Gasteiger partial charge in [0.2, 0.25) is 5.91 Å². The molecule has 106 valence electrons. The standard InChI is InChI=1S/C17H21NO2/c19-11-14-10-9-12-5-3-4-8-15(12)16(14)18-17(20)13-6-1-2-7-13/h1-5,8,13-14,16,19H,6-7,9-11H2,(H,18,20)/t14-,16+/m0/s1. The molecule has 0 saturated carbocycles. The van der Waals surface area contributed by atoms with Crippen LogP contribution < -0.4 is 5.32 Å². The van der Waals surface area contributed by atoms with Crippen LogP contribution in [0.15, 0.2) is 36.4 Å². The maximum Gasteiger partial charge on any atom is 0.224 e. The van der Waals surface area contributed by atoms with Crippen LogP contribution in [0, 0.1) is 11.8 Å². The Balaban J connectivity index is 1.80. The Morgan fingerprint density at radius 2 is 2.00 bits per heavy atom. The zero-order chi connectivity index (χ0) is 13.9. The van der Waals surface area contributed by atoms with Crippen molar-refractivity contribution in [2.75, 3.05) is 6.61 Å². The van der Waals surface area contributed by atoms with E-state index in [4.69, 9.17) is 0 Å². The van der Waals surface area contributed by atoms with Crippen LogP contribution in [0.4, 0.5) is 0 Å². The normalized spacial score (nSPS) is 25.4. The maximum absolute atomic E-state index is 12.4. The van der Waals surface area contributed by atoms with Crippen molar-refractivity contribution in [2.24, 2.45) is 11.8 Å². The Hall–Kier alpha value is -1.61. The van der Waals surface area contributed by atoms with Gasteiger partial charge < -0.3 is 10.4 Å².